The van der Waals surface area contributed by atoms with Gasteiger partial charge in [-0.1, -0.05) is 0 Å². The van der Waals surface area contributed by atoms with Crippen molar-refractivity contribution in [1.29, 1.82) is 0 Å². The fourth-order valence-electron chi connectivity index (χ4n) is 4.56. The van der Waals surface area contributed by atoms with Crippen LogP contribution in [0.2, 0.25) is 5.28 Å². The number of likely N-dealkylation sites (N-methyl/N-ethyl adjacent to an activating group) is 2. The summed E-state index contributed by atoms with van der Waals surface area (Å²) in [5.74, 6) is -0.446. The van der Waals surface area contributed by atoms with E-state index >= 15 is 0 Å². The normalized spacial score (nSPS) is 14.8. The van der Waals surface area contributed by atoms with Crippen molar-refractivity contribution in [3.05, 3.63) is 47.0 Å². The highest BCUT2D eigenvalue weighted by Crippen LogP contribution is 2.35. The number of nitrogens with zero attached hydrogens (tertiary/aromatic N) is 8. The highest BCUT2D eigenvalue weighted by molar-refractivity contribution is 6.28. The van der Waals surface area contributed by atoms with E-state index in [9.17, 15) is 27.6 Å². The van der Waals surface area contributed by atoms with Crippen LogP contribution < -0.4 is 24.9 Å². The van der Waals surface area contributed by atoms with Gasteiger partial charge in [-0.15, -0.1) is 0 Å². The molecule has 2 aliphatic rings. The number of carboxylic acid groups (broad SMARTS) is 1. The molecule has 2 aliphatic heterocycles. The van der Waals surface area contributed by atoms with E-state index in [0.717, 1.165) is 18.0 Å². The van der Waals surface area contributed by atoms with Crippen molar-refractivity contribution >= 4 is 64.0 Å². The number of alkyl halides is 3. The lowest BCUT2D eigenvalue weighted by Gasteiger charge is -2.36. The van der Waals surface area contributed by atoms with Crippen molar-refractivity contribution in [2.75, 3.05) is 52.1 Å². The van der Waals surface area contributed by atoms with Gasteiger partial charge in [0.25, 0.3) is 0 Å². The van der Waals surface area contributed by atoms with Crippen LogP contribution in [0.1, 0.15) is 43.6 Å². The maximum absolute atomic E-state index is 13.1. The molecule has 0 radical (unpaired) electrons. The average Bonchev–Trinajstić information content (AvgIpc) is 2.96. The Kier molecular flexibility index (Phi) is 9.37. The number of carboxylic acids is 1. The molecule has 2 aromatic heterocycles. The Morgan fingerprint density at radius 3 is 1.89 bits per heavy atom. The summed E-state index contributed by atoms with van der Waals surface area (Å²) in [5, 5.41) is 11.9. The highest BCUT2D eigenvalue weighted by Gasteiger charge is 2.33. The maximum atomic E-state index is 13.1. The van der Waals surface area contributed by atoms with Gasteiger partial charge in [-0.3, -0.25) is 9.59 Å². The second-order valence-corrected chi connectivity index (χ2v) is 11.2. The SMILES string of the molecule is CC(C)N1CC(=O)N(C)c2cnc(Cl)nc21.CC(C)N1CC(=O)N(C)c2cnc(Nc3cc(C(=O)O)cc(C(F)(F)F)c3)nc21. The van der Waals surface area contributed by atoms with Gasteiger partial charge in [0, 0.05) is 31.9 Å². The Bertz CT molecular complexity index is 1640. The Hall–Kier alpha value is -4.73. The number of nitrogens with one attached hydrogen (secondary N) is 1. The van der Waals surface area contributed by atoms with Crippen LogP contribution in [0.15, 0.2) is 30.6 Å². The molecule has 0 spiro atoms. The Morgan fingerprint density at radius 2 is 1.40 bits per heavy atom. The van der Waals surface area contributed by atoms with Crippen LogP contribution in [-0.4, -0.2) is 82.1 Å². The second-order valence-electron chi connectivity index (χ2n) is 10.8. The zero-order chi connectivity index (χ0) is 33.4. The average molecular weight is 650 g/mol. The van der Waals surface area contributed by atoms with Gasteiger partial charge in [-0.05, 0) is 57.5 Å². The fraction of sp³-hybridized carbons (Fsp3) is 0.393. The number of hydrogen-bond donors (Lipinski definition) is 2. The van der Waals surface area contributed by atoms with Gasteiger partial charge in [-0.2, -0.15) is 23.1 Å². The molecule has 1 aromatic carbocycles. The van der Waals surface area contributed by atoms with E-state index in [-0.39, 0.29) is 47.4 Å². The first kappa shape index (κ1) is 33.2. The fourth-order valence-corrected chi connectivity index (χ4v) is 4.69. The maximum Gasteiger partial charge on any atom is 0.416 e. The number of aromatic nitrogens is 4. The predicted octanol–water partition coefficient (Wildman–Crippen LogP) is 4.45. The molecular weight excluding hydrogens is 619 g/mol. The van der Waals surface area contributed by atoms with Gasteiger partial charge in [0.05, 0.1) is 36.6 Å². The molecule has 240 valence electrons. The summed E-state index contributed by atoms with van der Waals surface area (Å²) in [6.45, 7) is 8.21. The monoisotopic (exact) mass is 649 g/mol. The van der Waals surface area contributed by atoms with Crippen LogP contribution in [0.25, 0.3) is 0 Å². The van der Waals surface area contributed by atoms with Crippen LogP contribution in [0.3, 0.4) is 0 Å². The van der Waals surface area contributed by atoms with E-state index in [1.165, 1.54) is 11.1 Å². The number of carbonyl (C=O) groups excluding carboxylic acids is 2. The number of carbonyl (C=O) groups is 3. The summed E-state index contributed by atoms with van der Waals surface area (Å²) in [6, 6.07) is 2.55. The highest BCUT2D eigenvalue weighted by atomic mass is 35.5. The minimum atomic E-state index is -4.71. The molecular formula is C28H31ClF3N9O4. The minimum absolute atomic E-state index is 0.0205. The molecule has 0 aliphatic carbocycles. The number of hydrogen-bond acceptors (Lipinski definition) is 10. The molecule has 0 bridgehead atoms. The molecule has 45 heavy (non-hydrogen) atoms. The van der Waals surface area contributed by atoms with Crippen LogP contribution in [0.4, 0.5) is 47.8 Å². The molecule has 17 heteroatoms. The van der Waals surface area contributed by atoms with Crippen molar-refractivity contribution < 1.29 is 32.7 Å². The number of halogens is 4. The first-order valence-corrected chi connectivity index (χ1v) is 14.0. The number of amides is 2. The molecule has 0 unspecified atom stereocenters. The molecule has 5 rings (SSSR count). The zero-order valence-electron chi connectivity index (χ0n) is 25.2. The van der Waals surface area contributed by atoms with Gasteiger partial charge < -0.3 is 30.0 Å². The van der Waals surface area contributed by atoms with E-state index in [4.69, 9.17) is 16.7 Å². The number of fused-ring (bicyclic) bond motifs is 2. The number of benzene rings is 1. The lowest BCUT2D eigenvalue weighted by Crippen LogP contribution is -2.47. The van der Waals surface area contributed by atoms with Gasteiger partial charge >= 0.3 is 12.1 Å². The van der Waals surface area contributed by atoms with Crippen LogP contribution in [0, 0.1) is 0 Å². The van der Waals surface area contributed by atoms with E-state index in [0.29, 0.717) is 29.8 Å². The van der Waals surface area contributed by atoms with Crippen LogP contribution >= 0.6 is 11.6 Å². The van der Waals surface area contributed by atoms with E-state index in [2.05, 4.69) is 25.3 Å². The third-order valence-electron chi connectivity index (χ3n) is 7.11. The van der Waals surface area contributed by atoms with Crippen molar-refractivity contribution in [2.24, 2.45) is 0 Å². The second kappa shape index (κ2) is 12.7. The Morgan fingerprint density at radius 1 is 0.889 bits per heavy atom. The summed E-state index contributed by atoms with van der Waals surface area (Å²) >= 11 is 5.78. The molecule has 0 fully saturated rings. The molecule has 13 nitrogen and oxygen atoms in total. The Labute approximate surface area is 261 Å². The van der Waals surface area contributed by atoms with Crippen LogP contribution in [-0.2, 0) is 15.8 Å². The number of anilines is 6. The molecule has 0 saturated carbocycles. The van der Waals surface area contributed by atoms with E-state index in [1.54, 1.807) is 30.1 Å². The largest absolute Gasteiger partial charge is 0.478 e. The van der Waals surface area contributed by atoms with E-state index in [1.807, 2.05) is 32.6 Å². The Balaban J connectivity index is 0.000000242. The molecule has 3 aromatic rings. The van der Waals surface area contributed by atoms with Gasteiger partial charge in [-0.25, -0.2) is 14.8 Å². The lowest BCUT2D eigenvalue weighted by atomic mass is 10.1. The number of aromatic carboxylic acids is 1. The predicted molar refractivity (Wildman–Crippen MR) is 163 cm³/mol. The smallest absolute Gasteiger partial charge is 0.416 e. The summed E-state index contributed by atoms with van der Waals surface area (Å²) in [7, 11) is 3.30. The molecule has 4 heterocycles. The summed E-state index contributed by atoms with van der Waals surface area (Å²) in [5.41, 5.74) is -0.569. The summed E-state index contributed by atoms with van der Waals surface area (Å²) in [4.78, 5) is 58.2. The quantitative estimate of drug-likeness (QED) is 0.378. The van der Waals surface area contributed by atoms with Gasteiger partial charge in [0.2, 0.25) is 23.0 Å². The molecule has 2 amide bonds. The standard InChI is InChI=1S/C18H18F3N5O3.C10H13ClN4O/c1-9(2)26-8-14(27)25(3)13-7-22-17(24-15(13)26)23-12-5-10(16(28)29)4-11(6-12)18(19,20)21;1-6(2)15-5-8(16)14(3)7-4-12-10(11)13-9(7)15/h4-7,9H,8H2,1-3H3,(H,28,29)(H,22,23,24);4,6H,5H2,1-3H3. The first-order chi connectivity index (χ1) is 21.0. The van der Waals surface area contributed by atoms with Gasteiger partial charge in [0.1, 0.15) is 11.4 Å². The minimum Gasteiger partial charge on any atom is -0.478 e. The summed E-state index contributed by atoms with van der Waals surface area (Å²) in [6.07, 6.45) is -1.74. The van der Waals surface area contributed by atoms with Crippen LogP contribution in [0.5, 0.6) is 0 Å². The molecule has 2 N–H and O–H groups in total. The zero-order valence-corrected chi connectivity index (χ0v) is 26.0. The lowest BCUT2D eigenvalue weighted by molar-refractivity contribution is -0.137. The van der Waals surface area contributed by atoms with Crippen molar-refractivity contribution in [3.63, 3.8) is 0 Å². The first-order valence-electron chi connectivity index (χ1n) is 13.7. The van der Waals surface area contributed by atoms with Gasteiger partial charge in [0.15, 0.2) is 11.6 Å². The van der Waals surface area contributed by atoms with Crippen molar-refractivity contribution in [3.8, 4) is 0 Å². The third kappa shape index (κ3) is 7.16. The summed E-state index contributed by atoms with van der Waals surface area (Å²) < 4.78 is 39.3. The van der Waals surface area contributed by atoms with Crippen molar-refractivity contribution in [1.82, 2.24) is 19.9 Å². The van der Waals surface area contributed by atoms with E-state index < -0.39 is 23.3 Å². The topological polar surface area (TPSA) is 148 Å². The number of rotatable bonds is 5. The third-order valence-corrected chi connectivity index (χ3v) is 7.29. The molecule has 0 atom stereocenters. The molecule has 0 saturated heterocycles. The van der Waals surface area contributed by atoms with Crippen molar-refractivity contribution in [2.45, 2.75) is 46.0 Å².